The van der Waals surface area contributed by atoms with Crippen molar-refractivity contribution in [2.45, 2.75) is 19.1 Å². The minimum absolute atomic E-state index is 0.347. The summed E-state index contributed by atoms with van der Waals surface area (Å²) in [5.41, 5.74) is 5.29. The van der Waals surface area contributed by atoms with Crippen molar-refractivity contribution in [2.75, 3.05) is 0 Å². The van der Waals surface area contributed by atoms with Gasteiger partial charge in [0, 0.05) is 0 Å². The molecule has 0 rings (SSSR count). The Hall–Kier alpha value is 0.360. The van der Waals surface area contributed by atoms with Crippen LogP contribution in [0.1, 0.15) is 6.92 Å². The molecule has 0 bridgehead atoms. The third-order valence-corrected chi connectivity index (χ3v) is 1.38. The maximum Gasteiger partial charge on any atom is 0.0718 e. The molecule has 0 aromatic rings. The van der Waals surface area contributed by atoms with E-state index in [0.29, 0.717) is 4.20 Å². The van der Waals surface area contributed by atoms with Crippen LogP contribution in [0.3, 0.4) is 0 Å². The second-order valence-corrected chi connectivity index (χ2v) is 2.83. The van der Waals surface area contributed by atoms with Crippen LogP contribution in [-0.2, 0) is 0 Å². The van der Waals surface area contributed by atoms with Crippen molar-refractivity contribution < 1.29 is 5.11 Å². The molecule has 0 aliphatic rings. The predicted molar refractivity (Wildman–Crippen MR) is 41.2 cm³/mol. The van der Waals surface area contributed by atoms with E-state index in [0.717, 1.165) is 0 Å². The van der Waals surface area contributed by atoms with Crippen molar-refractivity contribution in [3.63, 3.8) is 0 Å². The van der Waals surface area contributed by atoms with Gasteiger partial charge in [0.1, 0.15) is 0 Å². The van der Waals surface area contributed by atoms with Gasteiger partial charge in [0.15, 0.2) is 0 Å². The predicted octanol–water partition coefficient (Wildman–Crippen LogP) is -0.0483. The Bertz CT molecular complexity index is 94.0. The van der Waals surface area contributed by atoms with Crippen LogP contribution in [0, 0.1) is 0 Å². The SMILES string of the molecule is C[C@@H](O)[C@H](N)C(=S)S. The minimum Gasteiger partial charge on any atom is -0.391 e. The number of aliphatic hydroxyl groups is 1. The zero-order valence-electron chi connectivity index (χ0n) is 4.53. The van der Waals surface area contributed by atoms with Gasteiger partial charge >= 0.3 is 0 Å². The first-order valence-electron chi connectivity index (χ1n) is 2.22. The highest BCUT2D eigenvalue weighted by molar-refractivity contribution is 8.11. The molecule has 0 spiro atoms. The van der Waals surface area contributed by atoms with Gasteiger partial charge in [-0.3, -0.25) is 0 Å². The second-order valence-electron chi connectivity index (χ2n) is 1.60. The average molecular weight is 151 g/mol. The summed E-state index contributed by atoms with van der Waals surface area (Å²) in [6.07, 6.45) is -0.597. The lowest BCUT2D eigenvalue weighted by atomic mass is 10.2. The van der Waals surface area contributed by atoms with Crippen molar-refractivity contribution in [2.24, 2.45) is 5.73 Å². The van der Waals surface area contributed by atoms with E-state index in [1.165, 1.54) is 0 Å². The number of hydrogen-bond donors (Lipinski definition) is 3. The zero-order chi connectivity index (χ0) is 6.73. The summed E-state index contributed by atoms with van der Waals surface area (Å²) in [7, 11) is 0. The first-order valence-corrected chi connectivity index (χ1v) is 3.07. The van der Waals surface area contributed by atoms with Crippen LogP contribution in [0.15, 0.2) is 0 Å². The number of aliphatic hydroxyl groups excluding tert-OH is 1. The van der Waals surface area contributed by atoms with Gasteiger partial charge < -0.3 is 10.8 Å². The summed E-state index contributed by atoms with van der Waals surface area (Å²) >= 11 is 8.35. The third-order valence-electron chi connectivity index (χ3n) is 0.805. The largest absolute Gasteiger partial charge is 0.391 e. The molecule has 0 unspecified atom stereocenters. The number of nitrogens with two attached hydrogens (primary N) is 1. The molecule has 0 aromatic heterocycles. The highest BCUT2D eigenvalue weighted by Gasteiger charge is 2.10. The molecule has 2 nitrogen and oxygen atoms in total. The minimum atomic E-state index is -0.597. The molecular weight excluding hydrogens is 142 g/mol. The van der Waals surface area contributed by atoms with E-state index in [1.54, 1.807) is 6.92 Å². The van der Waals surface area contributed by atoms with Gasteiger partial charge in [0.05, 0.1) is 16.3 Å². The summed E-state index contributed by atoms with van der Waals surface area (Å²) in [6, 6.07) is -0.478. The number of hydrogen-bond acceptors (Lipinski definition) is 3. The van der Waals surface area contributed by atoms with Gasteiger partial charge in [-0.05, 0) is 6.92 Å². The van der Waals surface area contributed by atoms with Crippen LogP contribution in [-0.4, -0.2) is 21.4 Å². The molecule has 8 heavy (non-hydrogen) atoms. The highest BCUT2D eigenvalue weighted by Crippen LogP contribution is 1.95. The Morgan fingerprint density at radius 3 is 2.25 bits per heavy atom. The molecule has 0 saturated heterocycles. The molecule has 0 fully saturated rings. The first-order chi connectivity index (χ1) is 3.55. The third kappa shape index (κ3) is 2.61. The van der Waals surface area contributed by atoms with Crippen LogP contribution in [0.4, 0.5) is 0 Å². The van der Waals surface area contributed by atoms with Crippen molar-refractivity contribution in [3.05, 3.63) is 0 Å². The average Bonchev–Trinajstić information content (AvgIpc) is 1.64. The normalized spacial score (nSPS) is 17.5. The van der Waals surface area contributed by atoms with Gasteiger partial charge in [-0.15, -0.1) is 12.6 Å². The molecular formula is C4H9NOS2. The smallest absolute Gasteiger partial charge is 0.0718 e. The number of thiocarbonyl (C=S) groups is 1. The maximum absolute atomic E-state index is 8.73. The number of rotatable bonds is 2. The molecule has 0 saturated carbocycles. The Morgan fingerprint density at radius 1 is 1.88 bits per heavy atom. The lowest BCUT2D eigenvalue weighted by molar-refractivity contribution is 0.188. The van der Waals surface area contributed by atoms with E-state index in [2.05, 4.69) is 24.8 Å². The molecule has 0 radical (unpaired) electrons. The summed E-state index contributed by atoms with van der Waals surface area (Å²) in [5, 5.41) is 8.73. The fourth-order valence-electron chi connectivity index (χ4n) is 0.206. The van der Waals surface area contributed by atoms with Crippen molar-refractivity contribution >= 4 is 29.0 Å². The summed E-state index contributed by atoms with van der Waals surface area (Å²) in [4.78, 5) is 0. The lowest BCUT2D eigenvalue weighted by Crippen LogP contribution is -2.36. The van der Waals surface area contributed by atoms with Crippen LogP contribution >= 0.6 is 24.8 Å². The van der Waals surface area contributed by atoms with E-state index in [4.69, 9.17) is 10.8 Å². The van der Waals surface area contributed by atoms with E-state index >= 15 is 0 Å². The summed E-state index contributed by atoms with van der Waals surface area (Å²) < 4.78 is 0.347. The first kappa shape index (κ1) is 8.36. The fraction of sp³-hybridized carbons (Fsp3) is 0.750. The Balaban J connectivity index is 3.64. The molecule has 0 heterocycles. The second kappa shape index (κ2) is 3.40. The molecule has 3 N–H and O–H groups in total. The topological polar surface area (TPSA) is 46.2 Å². The monoisotopic (exact) mass is 151 g/mol. The van der Waals surface area contributed by atoms with Crippen LogP contribution in [0.5, 0.6) is 0 Å². The van der Waals surface area contributed by atoms with Gasteiger partial charge in [-0.1, -0.05) is 12.2 Å². The van der Waals surface area contributed by atoms with E-state index in [-0.39, 0.29) is 0 Å². The van der Waals surface area contributed by atoms with E-state index in [1.807, 2.05) is 0 Å². The van der Waals surface area contributed by atoms with Crippen molar-refractivity contribution in [1.82, 2.24) is 0 Å². The summed E-state index contributed by atoms with van der Waals surface area (Å²) in [6.45, 7) is 1.58. The van der Waals surface area contributed by atoms with Gasteiger partial charge in [0.25, 0.3) is 0 Å². The van der Waals surface area contributed by atoms with Gasteiger partial charge in [-0.2, -0.15) is 0 Å². The molecule has 4 heteroatoms. The van der Waals surface area contributed by atoms with Crippen LogP contribution < -0.4 is 5.73 Å². The Kier molecular flexibility index (Phi) is 3.55. The standard InChI is InChI=1S/C4H9NOS2/c1-2(6)3(5)4(7)8/h2-3,6H,5H2,1H3,(H,7,8)/t2-,3+/m1/s1. The summed E-state index contributed by atoms with van der Waals surface area (Å²) in [5.74, 6) is 0. The molecule has 0 amide bonds. The van der Waals surface area contributed by atoms with Gasteiger partial charge in [-0.25, -0.2) is 0 Å². The molecule has 0 aliphatic carbocycles. The Labute approximate surface area is 59.5 Å². The lowest BCUT2D eigenvalue weighted by Gasteiger charge is -2.10. The van der Waals surface area contributed by atoms with Gasteiger partial charge in [0.2, 0.25) is 0 Å². The quantitative estimate of drug-likeness (QED) is 0.383. The molecule has 0 aliphatic heterocycles. The van der Waals surface area contributed by atoms with Crippen LogP contribution in [0.2, 0.25) is 0 Å². The Morgan fingerprint density at radius 2 is 2.25 bits per heavy atom. The molecule has 48 valence electrons. The maximum atomic E-state index is 8.73. The zero-order valence-corrected chi connectivity index (χ0v) is 6.25. The fourth-order valence-corrected chi connectivity index (χ4v) is 0.619. The van der Waals surface area contributed by atoms with E-state index < -0.39 is 12.1 Å². The van der Waals surface area contributed by atoms with E-state index in [9.17, 15) is 0 Å². The molecule has 2 atom stereocenters. The van der Waals surface area contributed by atoms with Crippen molar-refractivity contribution in [3.8, 4) is 0 Å². The van der Waals surface area contributed by atoms with Crippen molar-refractivity contribution in [1.29, 1.82) is 0 Å². The van der Waals surface area contributed by atoms with Crippen LogP contribution in [0.25, 0.3) is 0 Å². The number of thiol groups is 1. The molecule has 0 aromatic carbocycles. The highest BCUT2D eigenvalue weighted by atomic mass is 32.1.